The van der Waals surface area contributed by atoms with E-state index in [9.17, 15) is 9.59 Å². The second-order valence-electron chi connectivity index (χ2n) is 11.8. The molecule has 44 heavy (non-hydrogen) atoms. The molecule has 5 rings (SSSR count). The molecule has 2 heterocycles. The van der Waals surface area contributed by atoms with Gasteiger partial charge >= 0.3 is 12.1 Å². The van der Waals surface area contributed by atoms with Crippen LogP contribution in [0.2, 0.25) is 0 Å². The highest BCUT2D eigenvalue weighted by atomic mass is 16.5. The number of carbonyl (C=O) groups is 2. The Morgan fingerprint density at radius 2 is 1.66 bits per heavy atom. The number of ether oxygens (including phenoxy) is 1. The zero-order valence-electron chi connectivity index (χ0n) is 25.4. The Kier molecular flexibility index (Phi) is 8.52. The van der Waals surface area contributed by atoms with Gasteiger partial charge in [0.2, 0.25) is 0 Å². The summed E-state index contributed by atoms with van der Waals surface area (Å²) in [6, 6.07) is 24.4. The molecule has 4 N–H and O–H groups in total. The summed E-state index contributed by atoms with van der Waals surface area (Å²) in [7, 11) is 0. The van der Waals surface area contributed by atoms with Crippen LogP contribution >= 0.6 is 0 Å². The van der Waals surface area contributed by atoms with Crippen LogP contribution in [0.3, 0.4) is 0 Å². The van der Waals surface area contributed by atoms with Crippen molar-refractivity contribution in [3.8, 4) is 11.4 Å². The summed E-state index contributed by atoms with van der Waals surface area (Å²) in [4.78, 5) is 28.4. The number of carbonyl (C=O) groups excluding carboxylic acids is 1. The number of benzene rings is 3. The Bertz CT molecular complexity index is 1810. The Morgan fingerprint density at radius 3 is 2.36 bits per heavy atom. The molecular formula is C34H36N6O4. The summed E-state index contributed by atoms with van der Waals surface area (Å²) >= 11 is 0. The van der Waals surface area contributed by atoms with Crippen molar-refractivity contribution < 1.29 is 19.4 Å². The SMILES string of the molecule is Cc1ccc(-n2nc(C(C)(C)C)cc2NC(=O)Nc2ccc(OCC(C)c3ccnc(NC(=O)O)c3)c3ccccc23)cc1. The van der Waals surface area contributed by atoms with E-state index in [1.807, 2.05) is 86.6 Å². The molecule has 0 bridgehead atoms. The summed E-state index contributed by atoms with van der Waals surface area (Å²) < 4.78 is 7.97. The van der Waals surface area contributed by atoms with Crippen molar-refractivity contribution in [3.63, 3.8) is 0 Å². The van der Waals surface area contributed by atoms with E-state index in [1.54, 1.807) is 16.9 Å². The van der Waals surface area contributed by atoms with Crippen molar-refractivity contribution in [1.82, 2.24) is 14.8 Å². The van der Waals surface area contributed by atoms with Gasteiger partial charge in [-0.15, -0.1) is 0 Å². The van der Waals surface area contributed by atoms with Gasteiger partial charge in [0, 0.05) is 34.4 Å². The van der Waals surface area contributed by atoms with Crippen LogP contribution in [0.25, 0.3) is 16.5 Å². The van der Waals surface area contributed by atoms with Gasteiger partial charge in [-0.2, -0.15) is 5.10 Å². The van der Waals surface area contributed by atoms with Crippen molar-refractivity contribution in [3.05, 3.63) is 102 Å². The average molecular weight is 593 g/mol. The third-order valence-corrected chi connectivity index (χ3v) is 7.21. The lowest BCUT2D eigenvalue weighted by molar-refractivity contribution is 0.209. The van der Waals surface area contributed by atoms with Gasteiger partial charge in [-0.3, -0.25) is 10.6 Å². The Balaban J connectivity index is 1.34. The number of amides is 3. The van der Waals surface area contributed by atoms with Crippen LogP contribution < -0.4 is 20.7 Å². The molecular weight excluding hydrogens is 556 g/mol. The maximum absolute atomic E-state index is 13.3. The number of carboxylic acid groups (broad SMARTS) is 1. The van der Waals surface area contributed by atoms with E-state index in [2.05, 4.69) is 41.7 Å². The molecule has 226 valence electrons. The average Bonchev–Trinajstić information content (AvgIpc) is 3.41. The van der Waals surface area contributed by atoms with Crippen molar-refractivity contribution in [1.29, 1.82) is 0 Å². The van der Waals surface area contributed by atoms with Crippen molar-refractivity contribution in [2.75, 3.05) is 22.6 Å². The largest absolute Gasteiger partial charge is 0.492 e. The van der Waals surface area contributed by atoms with Crippen LogP contribution in [-0.4, -0.2) is 38.6 Å². The lowest BCUT2D eigenvalue weighted by Gasteiger charge is -2.17. The molecule has 0 saturated carbocycles. The Hall–Kier alpha value is -5.38. The summed E-state index contributed by atoms with van der Waals surface area (Å²) in [5, 5.41) is 23.7. The molecule has 0 radical (unpaired) electrons. The topological polar surface area (TPSA) is 130 Å². The Labute approximate surface area is 256 Å². The number of aryl methyl sites for hydroxylation is 1. The number of fused-ring (bicyclic) bond motifs is 1. The van der Waals surface area contributed by atoms with Crippen molar-refractivity contribution in [2.45, 2.75) is 46.0 Å². The van der Waals surface area contributed by atoms with Crippen LogP contribution in [0.4, 0.5) is 26.9 Å². The first-order valence-corrected chi connectivity index (χ1v) is 14.3. The number of urea groups is 1. The molecule has 10 heteroatoms. The highest BCUT2D eigenvalue weighted by Crippen LogP contribution is 2.33. The number of nitrogens with zero attached hydrogens (tertiary/aromatic N) is 3. The number of hydrogen-bond donors (Lipinski definition) is 4. The third-order valence-electron chi connectivity index (χ3n) is 7.21. The van der Waals surface area contributed by atoms with E-state index in [-0.39, 0.29) is 17.2 Å². The maximum atomic E-state index is 13.3. The summed E-state index contributed by atoms with van der Waals surface area (Å²) in [6.45, 7) is 10.6. The second-order valence-corrected chi connectivity index (χ2v) is 11.8. The van der Waals surface area contributed by atoms with Crippen molar-refractivity contribution in [2.24, 2.45) is 0 Å². The molecule has 10 nitrogen and oxygen atoms in total. The molecule has 1 atom stereocenters. The van der Waals surface area contributed by atoms with Crippen LogP contribution in [0.5, 0.6) is 5.75 Å². The third kappa shape index (κ3) is 6.97. The smallest absolute Gasteiger partial charge is 0.410 e. The fraction of sp³-hybridized carbons (Fsp3) is 0.235. The second kappa shape index (κ2) is 12.5. The van der Waals surface area contributed by atoms with Crippen LogP contribution in [0.15, 0.2) is 85.1 Å². The molecule has 3 aromatic carbocycles. The molecule has 2 aromatic heterocycles. The predicted octanol–water partition coefficient (Wildman–Crippen LogP) is 7.94. The number of aromatic nitrogens is 3. The standard InChI is InChI=1S/C34H36N6O4/c1-21-10-12-24(13-11-21)40-31(19-29(39-40)34(3,4)5)38-32(41)36-27-14-15-28(26-9-7-6-8-25(26)27)44-20-22(2)23-16-17-35-30(18-23)37-33(42)43/h6-19,22H,20H2,1-5H3,(H,35,37)(H,42,43)(H2,36,38,41). The monoisotopic (exact) mass is 592 g/mol. The van der Waals surface area contributed by atoms with Crippen LogP contribution in [0.1, 0.15) is 50.4 Å². The van der Waals surface area contributed by atoms with E-state index in [1.165, 1.54) is 0 Å². The van der Waals surface area contributed by atoms with E-state index in [0.29, 0.717) is 23.9 Å². The first kappa shape index (κ1) is 30.1. The fourth-order valence-electron chi connectivity index (χ4n) is 4.74. The van der Waals surface area contributed by atoms with E-state index < -0.39 is 12.1 Å². The lowest BCUT2D eigenvalue weighted by Crippen LogP contribution is -2.21. The minimum atomic E-state index is -1.17. The maximum Gasteiger partial charge on any atom is 0.410 e. The van der Waals surface area contributed by atoms with E-state index in [4.69, 9.17) is 14.9 Å². The molecule has 0 aliphatic rings. The Morgan fingerprint density at radius 1 is 0.932 bits per heavy atom. The highest BCUT2D eigenvalue weighted by molar-refractivity contribution is 6.07. The predicted molar refractivity (Wildman–Crippen MR) is 173 cm³/mol. The van der Waals surface area contributed by atoms with Gasteiger partial charge in [0.15, 0.2) is 0 Å². The van der Waals surface area contributed by atoms with Gasteiger partial charge in [0.05, 0.1) is 23.7 Å². The molecule has 0 aliphatic carbocycles. The van der Waals surface area contributed by atoms with Gasteiger partial charge in [-0.1, -0.05) is 69.7 Å². The highest BCUT2D eigenvalue weighted by Gasteiger charge is 2.22. The number of nitrogens with one attached hydrogen (secondary N) is 3. The first-order valence-electron chi connectivity index (χ1n) is 14.3. The minimum absolute atomic E-state index is 0.0361. The molecule has 5 aromatic rings. The molecule has 0 spiro atoms. The van der Waals surface area contributed by atoms with Gasteiger partial charge in [0.25, 0.3) is 0 Å². The number of pyridine rings is 1. The normalized spacial score (nSPS) is 12.0. The number of hydrogen-bond acceptors (Lipinski definition) is 5. The summed E-state index contributed by atoms with van der Waals surface area (Å²) in [5.74, 6) is 1.46. The first-order chi connectivity index (χ1) is 21.0. The van der Waals surface area contributed by atoms with Gasteiger partial charge in [-0.25, -0.2) is 19.3 Å². The van der Waals surface area contributed by atoms with E-state index in [0.717, 1.165) is 33.3 Å². The van der Waals surface area contributed by atoms with Gasteiger partial charge in [-0.05, 0) is 48.9 Å². The van der Waals surface area contributed by atoms with Crippen LogP contribution in [0, 0.1) is 6.92 Å². The zero-order valence-corrected chi connectivity index (χ0v) is 25.4. The van der Waals surface area contributed by atoms with Gasteiger partial charge in [0.1, 0.15) is 17.4 Å². The molecule has 3 amide bonds. The molecule has 1 unspecified atom stereocenters. The molecule has 0 fully saturated rings. The van der Waals surface area contributed by atoms with Crippen LogP contribution in [-0.2, 0) is 5.41 Å². The summed E-state index contributed by atoms with van der Waals surface area (Å²) in [5.41, 5.74) is 4.16. The minimum Gasteiger partial charge on any atom is -0.492 e. The molecule has 0 aliphatic heterocycles. The van der Waals surface area contributed by atoms with E-state index >= 15 is 0 Å². The molecule has 0 saturated heterocycles. The van der Waals surface area contributed by atoms with Gasteiger partial charge < -0.3 is 15.2 Å². The quantitative estimate of drug-likeness (QED) is 0.145. The fourth-order valence-corrected chi connectivity index (χ4v) is 4.74. The number of rotatable bonds is 8. The number of anilines is 3. The zero-order chi connectivity index (χ0) is 31.4. The lowest BCUT2D eigenvalue weighted by atomic mass is 9.92. The summed E-state index contributed by atoms with van der Waals surface area (Å²) in [6.07, 6.45) is 0.398. The van der Waals surface area contributed by atoms with Crippen molar-refractivity contribution >= 4 is 40.2 Å².